The number of nitrogens with one attached hydrogen (secondary N) is 1. The number of hydrogen-bond donors (Lipinski definition) is 1. The third kappa shape index (κ3) is 6.25. The number of amides is 1. The number of aryl methyl sites for hydroxylation is 2. The topological polar surface area (TPSA) is 64.6 Å². The Morgan fingerprint density at radius 1 is 1.04 bits per heavy atom. The smallest absolute Gasteiger partial charge is 0.332 e. The molecule has 2 aromatic rings. The average Bonchev–Trinajstić information content (AvgIpc) is 2.58. The van der Waals surface area contributed by atoms with Crippen molar-refractivity contribution in [3.05, 3.63) is 53.6 Å². The molecule has 0 atom stereocenters. The van der Waals surface area contributed by atoms with Crippen LogP contribution in [0.15, 0.2) is 52.3 Å². The SMILES string of the molecule is COCC(=O)OCC(=O)Nc1ccc(Sc2cc(C)ccc2C)cc1. The highest BCUT2D eigenvalue weighted by atomic mass is 32.2. The largest absolute Gasteiger partial charge is 0.454 e. The number of hydrogen-bond acceptors (Lipinski definition) is 5. The van der Waals surface area contributed by atoms with E-state index in [1.54, 1.807) is 11.8 Å². The molecular weight excluding hydrogens is 338 g/mol. The third-order valence-electron chi connectivity index (χ3n) is 3.34. The maximum atomic E-state index is 11.7. The van der Waals surface area contributed by atoms with Crippen LogP contribution in [-0.2, 0) is 19.1 Å². The van der Waals surface area contributed by atoms with Crippen molar-refractivity contribution in [1.29, 1.82) is 0 Å². The number of rotatable bonds is 7. The Morgan fingerprint density at radius 2 is 1.76 bits per heavy atom. The van der Waals surface area contributed by atoms with Gasteiger partial charge in [-0.05, 0) is 55.3 Å². The molecule has 1 amide bonds. The van der Waals surface area contributed by atoms with Gasteiger partial charge in [-0.25, -0.2) is 4.79 Å². The molecule has 0 unspecified atom stereocenters. The minimum absolute atomic E-state index is 0.169. The van der Waals surface area contributed by atoms with Crippen LogP contribution in [-0.4, -0.2) is 32.2 Å². The van der Waals surface area contributed by atoms with Crippen LogP contribution in [0.25, 0.3) is 0 Å². The summed E-state index contributed by atoms with van der Waals surface area (Å²) in [6.45, 7) is 3.65. The summed E-state index contributed by atoms with van der Waals surface area (Å²) >= 11 is 1.68. The van der Waals surface area contributed by atoms with E-state index in [0.29, 0.717) is 5.69 Å². The predicted molar refractivity (Wildman–Crippen MR) is 97.9 cm³/mol. The molecule has 0 bridgehead atoms. The van der Waals surface area contributed by atoms with Gasteiger partial charge >= 0.3 is 5.97 Å². The van der Waals surface area contributed by atoms with Crippen LogP contribution in [0.2, 0.25) is 0 Å². The van der Waals surface area contributed by atoms with Crippen molar-refractivity contribution < 1.29 is 19.1 Å². The summed E-state index contributed by atoms with van der Waals surface area (Å²) in [5.41, 5.74) is 3.10. The summed E-state index contributed by atoms with van der Waals surface area (Å²) in [6.07, 6.45) is 0. The maximum Gasteiger partial charge on any atom is 0.332 e. The quantitative estimate of drug-likeness (QED) is 0.766. The molecule has 1 N–H and O–H groups in total. The summed E-state index contributed by atoms with van der Waals surface area (Å²) in [7, 11) is 1.39. The van der Waals surface area contributed by atoms with Crippen molar-refractivity contribution in [2.45, 2.75) is 23.6 Å². The summed E-state index contributed by atoms with van der Waals surface area (Å²) < 4.78 is 9.39. The summed E-state index contributed by atoms with van der Waals surface area (Å²) in [5, 5.41) is 2.68. The highest BCUT2D eigenvalue weighted by Crippen LogP contribution is 2.31. The number of carbonyl (C=O) groups is 2. The second-order valence-electron chi connectivity index (χ2n) is 5.54. The van der Waals surface area contributed by atoms with E-state index in [1.807, 2.05) is 24.3 Å². The first-order valence-electron chi connectivity index (χ1n) is 7.77. The van der Waals surface area contributed by atoms with Gasteiger partial charge in [0.2, 0.25) is 0 Å². The van der Waals surface area contributed by atoms with Gasteiger partial charge in [0.25, 0.3) is 5.91 Å². The summed E-state index contributed by atoms with van der Waals surface area (Å²) in [6, 6.07) is 13.9. The van der Waals surface area contributed by atoms with Crippen LogP contribution in [0.1, 0.15) is 11.1 Å². The zero-order valence-corrected chi connectivity index (χ0v) is 15.3. The maximum absolute atomic E-state index is 11.7. The van der Waals surface area contributed by atoms with E-state index < -0.39 is 5.97 Å². The van der Waals surface area contributed by atoms with Gasteiger partial charge in [-0.15, -0.1) is 0 Å². The van der Waals surface area contributed by atoms with Crippen molar-refractivity contribution in [2.75, 3.05) is 25.6 Å². The van der Waals surface area contributed by atoms with Crippen LogP contribution >= 0.6 is 11.8 Å². The van der Waals surface area contributed by atoms with Crippen LogP contribution < -0.4 is 5.32 Å². The molecule has 132 valence electrons. The predicted octanol–water partition coefficient (Wildman–Crippen LogP) is 3.58. The van der Waals surface area contributed by atoms with E-state index in [1.165, 1.54) is 23.1 Å². The van der Waals surface area contributed by atoms with Gasteiger partial charge in [-0.2, -0.15) is 0 Å². The molecule has 0 spiro atoms. The Morgan fingerprint density at radius 3 is 2.44 bits per heavy atom. The number of carbonyl (C=O) groups excluding carboxylic acids is 2. The van der Waals surface area contributed by atoms with Crippen LogP contribution in [0.3, 0.4) is 0 Å². The lowest BCUT2D eigenvalue weighted by atomic mass is 10.2. The second kappa shape index (κ2) is 9.25. The Labute approximate surface area is 151 Å². The molecule has 0 saturated carbocycles. The van der Waals surface area contributed by atoms with Gasteiger partial charge < -0.3 is 14.8 Å². The van der Waals surface area contributed by atoms with Crippen molar-refractivity contribution >= 4 is 29.3 Å². The third-order valence-corrected chi connectivity index (χ3v) is 4.50. The fourth-order valence-corrected chi connectivity index (χ4v) is 3.05. The lowest BCUT2D eigenvalue weighted by Crippen LogP contribution is -2.22. The molecular formula is C19H21NO4S. The summed E-state index contributed by atoms with van der Waals surface area (Å²) in [4.78, 5) is 25.2. The van der Waals surface area contributed by atoms with Crippen LogP contribution in [0.4, 0.5) is 5.69 Å². The van der Waals surface area contributed by atoms with E-state index in [4.69, 9.17) is 4.74 Å². The number of anilines is 1. The zero-order chi connectivity index (χ0) is 18.2. The fraction of sp³-hybridized carbons (Fsp3) is 0.263. The van der Waals surface area contributed by atoms with Gasteiger partial charge in [0.1, 0.15) is 6.61 Å². The molecule has 0 saturated heterocycles. The second-order valence-corrected chi connectivity index (χ2v) is 6.65. The zero-order valence-electron chi connectivity index (χ0n) is 14.5. The molecule has 0 aromatic heterocycles. The molecule has 2 aromatic carbocycles. The number of methoxy groups -OCH3 is 1. The average molecular weight is 359 g/mol. The molecule has 5 nitrogen and oxygen atoms in total. The fourth-order valence-electron chi connectivity index (χ4n) is 2.05. The first-order valence-corrected chi connectivity index (χ1v) is 8.59. The van der Waals surface area contributed by atoms with Gasteiger partial charge in [0.05, 0.1) is 0 Å². The monoisotopic (exact) mass is 359 g/mol. The number of esters is 1. The van der Waals surface area contributed by atoms with Crippen molar-refractivity contribution in [3.63, 3.8) is 0 Å². The highest BCUT2D eigenvalue weighted by molar-refractivity contribution is 7.99. The Kier molecular flexibility index (Phi) is 7.03. The number of ether oxygens (including phenoxy) is 2. The summed E-state index contributed by atoms with van der Waals surface area (Å²) in [5.74, 6) is -0.961. The number of benzene rings is 2. The highest BCUT2D eigenvalue weighted by Gasteiger charge is 2.08. The van der Waals surface area contributed by atoms with Gasteiger partial charge in [0.15, 0.2) is 6.61 Å². The molecule has 0 aliphatic rings. The van der Waals surface area contributed by atoms with Crippen LogP contribution in [0.5, 0.6) is 0 Å². The van der Waals surface area contributed by atoms with E-state index in [-0.39, 0.29) is 19.1 Å². The normalized spacial score (nSPS) is 10.4. The molecule has 0 fully saturated rings. The molecule has 6 heteroatoms. The lowest BCUT2D eigenvalue weighted by Gasteiger charge is -2.09. The minimum Gasteiger partial charge on any atom is -0.454 e. The van der Waals surface area contributed by atoms with E-state index >= 15 is 0 Å². The first-order chi connectivity index (χ1) is 12.0. The Bertz CT molecular complexity index is 744. The molecule has 0 aliphatic carbocycles. The lowest BCUT2D eigenvalue weighted by molar-refractivity contribution is -0.150. The molecule has 0 aliphatic heterocycles. The van der Waals surface area contributed by atoms with E-state index in [0.717, 1.165) is 4.90 Å². The van der Waals surface area contributed by atoms with Gasteiger partial charge in [0, 0.05) is 22.6 Å². The first kappa shape index (κ1) is 19.0. The van der Waals surface area contributed by atoms with Crippen molar-refractivity contribution in [3.8, 4) is 0 Å². The van der Waals surface area contributed by atoms with Crippen molar-refractivity contribution in [2.24, 2.45) is 0 Å². The van der Waals surface area contributed by atoms with Gasteiger partial charge in [-0.1, -0.05) is 23.9 Å². The Hall–Kier alpha value is -2.31. The molecule has 0 radical (unpaired) electrons. The van der Waals surface area contributed by atoms with Crippen LogP contribution in [0, 0.1) is 13.8 Å². The standard InChI is InChI=1S/C19H21NO4S/c1-13-4-5-14(2)17(10-13)25-16-8-6-15(7-9-16)20-18(21)11-24-19(22)12-23-3/h4-10H,11-12H2,1-3H3,(H,20,21). The molecule has 25 heavy (non-hydrogen) atoms. The van der Waals surface area contributed by atoms with E-state index in [9.17, 15) is 9.59 Å². The molecule has 2 rings (SSSR count). The Balaban J connectivity index is 1.90. The van der Waals surface area contributed by atoms with Crippen molar-refractivity contribution in [1.82, 2.24) is 0 Å². The molecule has 0 heterocycles. The minimum atomic E-state index is -0.571. The van der Waals surface area contributed by atoms with E-state index in [2.05, 4.69) is 42.1 Å². The van der Waals surface area contributed by atoms with Gasteiger partial charge in [-0.3, -0.25) is 4.79 Å².